The van der Waals surface area contributed by atoms with E-state index in [1.54, 1.807) is 18.2 Å². The first-order valence-electron chi connectivity index (χ1n) is 8.58. The second-order valence-corrected chi connectivity index (χ2v) is 6.03. The first kappa shape index (κ1) is 17.2. The third-order valence-electron chi connectivity index (χ3n) is 4.61. The van der Waals surface area contributed by atoms with E-state index in [-0.39, 0.29) is 11.3 Å². The summed E-state index contributed by atoms with van der Waals surface area (Å²) < 4.78 is 2.27. The van der Waals surface area contributed by atoms with Gasteiger partial charge < -0.3 is 10.1 Å². The second kappa shape index (κ2) is 7.06. The zero-order valence-electron chi connectivity index (χ0n) is 14.6. The lowest BCUT2D eigenvalue weighted by molar-refractivity contribution is 0.199. The molecule has 0 atom stereocenters. The molecule has 0 amide bonds. The molecule has 2 N–H and O–H groups in total. The molecule has 0 unspecified atom stereocenters. The van der Waals surface area contributed by atoms with Gasteiger partial charge in [-0.15, -0.1) is 0 Å². The van der Waals surface area contributed by atoms with Crippen molar-refractivity contribution in [3.63, 3.8) is 0 Å². The highest BCUT2D eigenvalue weighted by Gasteiger charge is 2.17. The highest BCUT2D eigenvalue weighted by Crippen LogP contribution is 2.21. The number of para-hydroxylation sites is 1. The van der Waals surface area contributed by atoms with E-state index in [0.717, 1.165) is 36.2 Å². The van der Waals surface area contributed by atoms with Gasteiger partial charge in [-0.2, -0.15) is 9.71 Å². The topological polar surface area (TPSA) is 87.1 Å². The maximum Gasteiger partial charge on any atom is 0.351 e. The fourth-order valence-corrected chi connectivity index (χ4v) is 3.12. The van der Waals surface area contributed by atoms with Crippen LogP contribution in [0.5, 0.6) is 0 Å². The van der Waals surface area contributed by atoms with Gasteiger partial charge in [0.1, 0.15) is 5.49 Å². The average molecular weight is 341 g/mol. The van der Waals surface area contributed by atoms with Crippen molar-refractivity contribution in [3.05, 3.63) is 46.3 Å². The second-order valence-electron chi connectivity index (χ2n) is 6.03. The van der Waals surface area contributed by atoms with E-state index in [0.29, 0.717) is 17.6 Å². The largest absolute Gasteiger partial charge is 0.426 e. The summed E-state index contributed by atoms with van der Waals surface area (Å²) in [6, 6.07) is 9.07. The summed E-state index contributed by atoms with van der Waals surface area (Å²) in [5.41, 5.74) is 0.599. The molecule has 132 valence electrons. The van der Waals surface area contributed by atoms with Gasteiger partial charge in [0.15, 0.2) is 5.82 Å². The van der Waals surface area contributed by atoms with Crippen molar-refractivity contribution in [1.82, 2.24) is 19.2 Å². The molecule has 0 spiro atoms. The molecule has 7 nitrogen and oxygen atoms in total. The molecule has 1 aromatic carbocycles. The van der Waals surface area contributed by atoms with Gasteiger partial charge in [-0.1, -0.05) is 32.0 Å². The molecule has 0 bridgehead atoms. The number of pyridine rings is 1. The maximum atomic E-state index is 12.4. The Kier molecular flexibility index (Phi) is 4.85. The number of nitrogens with zero attached hydrogens (tertiary/aromatic N) is 4. The molecule has 0 saturated heterocycles. The summed E-state index contributed by atoms with van der Waals surface area (Å²) in [4.78, 5) is 18.6. The molecule has 25 heavy (non-hydrogen) atoms. The van der Waals surface area contributed by atoms with Crippen LogP contribution in [-0.2, 0) is 6.54 Å². The molecule has 7 heteroatoms. The Labute approximate surface area is 145 Å². The monoisotopic (exact) mass is 341 g/mol. The van der Waals surface area contributed by atoms with Crippen molar-refractivity contribution in [1.29, 1.82) is 5.41 Å². The van der Waals surface area contributed by atoms with Crippen molar-refractivity contribution < 1.29 is 5.21 Å². The lowest BCUT2D eigenvalue weighted by atomic mass is 10.1. The van der Waals surface area contributed by atoms with Crippen LogP contribution in [0.25, 0.3) is 22.3 Å². The third-order valence-corrected chi connectivity index (χ3v) is 4.61. The minimum atomic E-state index is -0.505. The molecule has 3 rings (SSSR count). The molecule has 2 heterocycles. The Hall–Kier alpha value is -2.67. The Morgan fingerprint density at radius 3 is 2.68 bits per heavy atom. The van der Waals surface area contributed by atoms with Crippen LogP contribution in [0.3, 0.4) is 0 Å². The van der Waals surface area contributed by atoms with Crippen LogP contribution in [0.4, 0.5) is 0 Å². The third kappa shape index (κ3) is 3.15. The van der Waals surface area contributed by atoms with Gasteiger partial charge >= 0.3 is 5.69 Å². The molecule has 2 aliphatic rings. The highest BCUT2D eigenvalue weighted by atomic mass is 16.5. The van der Waals surface area contributed by atoms with E-state index in [1.807, 2.05) is 12.1 Å². The van der Waals surface area contributed by atoms with Crippen LogP contribution >= 0.6 is 0 Å². The SMILES string of the molecule is CCN(CC)CCCn1c(=O)nc2n(O)c3ccccc3cc-2c1=N. The number of hydrogen-bond acceptors (Lipinski definition) is 5. The van der Waals surface area contributed by atoms with Crippen LogP contribution in [0.15, 0.2) is 35.1 Å². The first-order chi connectivity index (χ1) is 12.1. The van der Waals surface area contributed by atoms with Gasteiger partial charge in [-0.3, -0.25) is 9.98 Å². The van der Waals surface area contributed by atoms with Crippen molar-refractivity contribution in [2.24, 2.45) is 0 Å². The zero-order chi connectivity index (χ0) is 18.0. The maximum absolute atomic E-state index is 12.4. The van der Waals surface area contributed by atoms with E-state index < -0.39 is 5.69 Å². The van der Waals surface area contributed by atoms with Gasteiger partial charge in [-0.25, -0.2) is 4.79 Å². The molecular weight excluding hydrogens is 318 g/mol. The number of hydrogen-bond donors (Lipinski definition) is 2. The molecule has 0 fully saturated rings. The zero-order valence-corrected chi connectivity index (χ0v) is 14.6. The molecule has 0 aromatic heterocycles. The average Bonchev–Trinajstić information content (AvgIpc) is 2.62. The summed E-state index contributed by atoms with van der Waals surface area (Å²) in [6.07, 6.45) is 0.771. The van der Waals surface area contributed by atoms with Crippen molar-refractivity contribution in [3.8, 4) is 11.4 Å². The van der Waals surface area contributed by atoms with E-state index in [1.165, 1.54) is 4.57 Å². The Bertz CT molecular complexity index is 971. The van der Waals surface area contributed by atoms with Gasteiger partial charge in [0.25, 0.3) is 0 Å². The highest BCUT2D eigenvalue weighted by molar-refractivity contribution is 5.84. The predicted octanol–water partition coefficient (Wildman–Crippen LogP) is 1.75. The van der Waals surface area contributed by atoms with Crippen LogP contribution in [0, 0.1) is 5.41 Å². The fraction of sp³-hybridized carbons (Fsp3) is 0.389. The van der Waals surface area contributed by atoms with Crippen molar-refractivity contribution in [2.75, 3.05) is 19.6 Å². The Morgan fingerprint density at radius 1 is 1.24 bits per heavy atom. The van der Waals surface area contributed by atoms with Crippen LogP contribution in [0.2, 0.25) is 0 Å². The van der Waals surface area contributed by atoms with Gasteiger partial charge in [0.2, 0.25) is 0 Å². The number of aromatic nitrogens is 3. The standard InChI is InChI=1S/C18H23N5O2/c1-3-21(4-2)10-7-11-22-16(19)14-12-13-8-5-6-9-15(13)23(25)17(14)20-18(22)24/h5-6,8-9,12,19,25H,3-4,7,10-11H2,1-2H3. The van der Waals surface area contributed by atoms with Crippen LogP contribution < -0.4 is 11.2 Å². The summed E-state index contributed by atoms with van der Waals surface area (Å²) in [5, 5.41) is 19.6. The van der Waals surface area contributed by atoms with Crippen LogP contribution in [0.1, 0.15) is 20.3 Å². The summed E-state index contributed by atoms with van der Waals surface area (Å²) >= 11 is 0. The summed E-state index contributed by atoms with van der Waals surface area (Å²) in [5.74, 6) is 0.119. The first-order valence-corrected chi connectivity index (χ1v) is 8.58. The number of nitrogens with one attached hydrogen (secondary N) is 1. The molecule has 1 aromatic rings. The summed E-state index contributed by atoms with van der Waals surface area (Å²) in [6.45, 7) is 7.45. The lowest BCUT2D eigenvalue weighted by Crippen LogP contribution is -2.39. The number of benzene rings is 1. The quantitative estimate of drug-likeness (QED) is 0.528. The minimum absolute atomic E-state index is 0.0862. The normalized spacial score (nSPS) is 11.6. The van der Waals surface area contributed by atoms with Gasteiger partial charge in [-0.05, 0) is 38.2 Å². The molecule has 0 aliphatic carbocycles. The van der Waals surface area contributed by atoms with E-state index in [2.05, 4.69) is 23.7 Å². The molecule has 0 radical (unpaired) electrons. The lowest BCUT2D eigenvalue weighted by Gasteiger charge is -2.18. The fourth-order valence-electron chi connectivity index (χ4n) is 3.12. The van der Waals surface area contributed by atoms with E-state index >= 15 is 0 Å². The predicted molar refractivity (Wildman–Crippen MR) is 96.1 cm³/mol. The summed E-state index contributed by atoms with van der Waals surface area (Å²) in [7, 11) is 0. The Morgan fingerprint density at radius 2 is 1.96 bits per heavy atom. The van der Waals surface area contributed by atoms with E-state index in [9.17, 15) is 10.0 Å². The minimum Gasteiger partial charge on any atom is -0.426 e. The number of rotatable bonds is 6. The van der Waals surface area contributed by atoms with Crippen molar-refractivity contribution in [2.45, 2.75) is 26.8 Å². The number of fused-ring (bicyclic) bond motifs is 2. The van der Waals surface area contributed by atoms with Gasteiger partial charge in [0, 0.05) is 11.9 Å². The van der Waals surface area contributed by atoms with Crippen LogP contribution in [-0.4, -0.2) is 44.0 Å². The van der Waals surface area contributed by atoms with E-state index in [4.69, 9.17) is 5.41 Å². The molecule has 0 saturated carbocycles. The molecular formula is C18H23N5O2. The smallest absolute Gasteiger partial charge is 0.351 e. The van der Waals surface area contributed by atoms with Crippen molar-refractivity contribution >= 4 is 10.9 Å². The van der Waals surface area contributed by atoms with Gasteiger partial charge in [0.05, 0.1) is 11.1 Å². The Balaban J connectivity index is 2.04. The molecule has 2 aliphatic heterocycles.